The molecule has 0 aliphatic heterocycles. The van der Waals surface area contributed by atoms with Crippen molar-refractivity contribution < 1.29 is 18.4 Å². The van der Waals surface area contributed by atoms with Crippen molar-refractivity contribution in [2.24, 2.45) is 0 Å². The third-order valence-corrected chi connectivity index (χ3v) is 3.22. The van der Waals surface area contributed by atoms with Crippen molar-refractivity contribution in [2.45, 2.75) is 13.5 Å². The zero-order chi connectivity index (χ0) is 16.8. The Hall–Kier alpha value is -2.76. The van der Waals surface area contributed by atoms with Crippen molar-refractivity contribution in [3.63, 3.8) is 0 Å². The van der Waals surface area contributed by atoms with Crippen LogP contribution in [0.1, 0.15) is 12.5 Å². The molecule has 0 unspecified atom stereocenters. The van der Waals surface area contributed by atoms with Gasteiger partial charge in [-0.1, -0.05) is 36.4 Å². The van der Waals surface area contributed by atoms with Crippen molar-refractivity contribution in [1.29, 1.82) is 0 Å². The number of hydrogen-bond acceptors (Lipinski definition) is 2. The minimum Gasteiger partial charge on any atom is -0.329 e. The first-order chi connectivity index (χ1) is 11.0. The first kappa shape index (κ1) is 16.6. The van der Waals surface area contributed by atoms with Gasteiger partial charge in [-0.05, 0) is 17.7 Å². The number of benzene rings is 2. The number of amides is 2. The largest absolute Gasteiger partial charge is 0.329 e. The predicted molar refractivity (Wildman–Crippen MR) is 82.5 cm³/mol. The third-order valence-electron chi connectivity index (χ3n) is 3.22. The molecular weight excluding hydrogens is 302 g/mol. The maximum Gasteiger partial charge on any atom is 0.244 e. The zero-order valence-electron chi connectivity index (χ0n) is 12.6. The second kappa shape index (κ2) is 7.49. The molecule has 0 radical (unpaired) electrons. The zero-order valence-corrected chi connectivity index (χ0v) is 12.6. The van der Waals surface area contributed by atoms with Gasteiger partial charge >= 0.3 is 0 Å². The Labute approximate surface area is 132 Å². The minimum absolute atomic E-state index is 0.239. The highest BCUT2D eigenvalue weighted by Crippen LogP contribution is 2.18. The lowest BCUT2D eigenvalue weighted by Gasteiger charge is -2.20. The van der Waals surface area contributed by atoms with Gasteiger partial charge in [-0.25, -0.2) is 8.78 Å². The highest BCUT2D eigenvalue weighted by atomic mass is 19.1. The summed E-state index contributed by atoms with van der Waals surface area (Å²) < 4.78 is 27.0. The lowest BCUT2D eigenvalue weighted by molar-refractivity contribution is -0.133. The maximum atomic E-state index is 13.5. The molecule has 0 saturated heterocycles. The SMILES string of the molecule is CC(=O)N(CC(=O)Nc1c(F)cccc1F)Cc1ccccc1. The van der Waals surface area contributed by atoms with E-state index in [1.807, 2.05) is 30.3 Å². The van der Waals surface area contributed by atoms with E-state index < -0.39 is 23.2 Å². The van der Waals surface area contributed by atoms with E-state index in [1.54, 1.807) is 0 Å². The van der Waals surface area contributed by atoms with Gasteiger partial charge in [0, 0.05) is 13.5 Å². The molecule has 0 bridgehead atoms. The Morgan fingerprint density at radius 3 is 2.17 bits per heavy atom. The summed E-state index contributed by atoms with van der Waals surface area (Å²) in [7, 11) is 0. The van der Waals surface area contributed by atoms with Crippen LogP contribution in [-0.2, 0) is 16.1 Å². The van der Waals surface area contributed by atoms with Crippen molar-refractivity contribution in [3.8, 4) is 0 Å². The number of nitrogens with zero attached hydrogens (tertiary/aromatic N) is 1. The van der Waals surface area contributed by atoms with E-state index in [1.165, 1.54) is 17.9 Å². The number of anilines is 1. The second-order valence-corrected chi connectivity index (χ2v) is 5.01. The van der Waals surface area contributed by atoms with Gasteiger partial charge in [0.05, 0.1) is 0 Å². The van der Waals surface area contributed by atoms with Gasteiger partial charge in [-0.2, -0.15) is 0 Å². The molecule has 2 aromatic carbocycles. The van der Waals surface area contributed by atoms with Gasteiger partial charge < -0.3 is 10.2 Å². The second-order valence-electron chi connectivity index (χ2n) is 5.01. The fraction of sp³-hybridized carbons (Fsp3) is 0.176. The van der Waals surface area contributed by atoms with Crippen molar-refractivity contribution in [3.05, 3.63) is 65.7 Å². The Bertz CT molecular complexity index is 685. The van der Waals surface area contributed by atoms with Gasteiger partial charge in [0.25, 0.3) is 0 Å². The number of halogens is 2. The summed E-state index contributed by atoms with van der Waals surface area (Å²) in [5, 5.41) is 2.17. The van der Waals surface area contributed by atoms with Gasteiger partial charge in [0.15, 0.2) is 0 Å². The number of rotatable bonds is 5. The first-order valence-corrected chi connectivity index (χ1v) is 7.00. The molecule has 1 N–H and O–H groups in total. The summed E-state index contributed by atoms with van der Waals surface area (Å²) in [6, 6.07) is 12.4. The van der Waals surface area contributed by atoms with Gasteiger partial charge in [-0.3, -0.25) is 9.59 Å². The van der Waals surface area contributed by atoms with E-state index in [2.05, 4.69) is 5.32 Å². The number of nitrogens with one attached hydrogen (secondary N) is 1. The van der Waals surface area contributed by atoms with Crippen LogP contribution in [0.15, 0.2) is 48.5 Å². The summed E-state index contributed by atoms with van der Waals surface area (Å²) in [6.07, 6.45) is 0. The highest BCUT2D eigenvalue weighted by molar-refractivity contribution is 5.94. The molecule has 0 heterocycles. The minimum atomic E-state index is -0.865. The molecule has 23 heavy (non-hydrogen) atoms. The number of para-hydroxylation sites is 1. The molecule has 0 aliphatic carbocycles. The predicted octanol–water partition coefficient (Wildman–Crippen LogP) is 2.95. The summed E-state index contributed by atoms with van der Waals surface area (Å²) >= 11 is 0. The van der Waals surface area contributed by atoms with Crippen LogP contribution >= 0.6 is 0 Å². The summed E-state index contributed by atoms with van der Waals surface area (Å²) in [5.74, 6) is -2.70. The van der Waals surface area contributed by atoms with Crippen molar-refractivity contribution in [2.75, 3.05) is 11.9 Å². The molecule has 120 valence electrons. The van der Waals surface area contributed by atoms with Gasteiger partial charge in [0.1, 0.15) is 23.9 Å². The monoisotopic (exact) mass is 318 g/mol. The molecule has 0 spiro atoms. The Morgan fingerprint density at radius 1 is 1.00 bits per heavy atom. The van der Waals surface area contributed by atoms with Gasteiger partial charge in [0.2, 0.25) is 11.8 Å². The Kier molecular flexibility index (Phi) is 5.41. The normalized spacial score (nSPS) is 10.2. The van der Waals surface area contributed by atoms with E-state index in [0.29, 0.717) is 0 Å². The van der Waals surface area contributed by atoms with Crippen LogP contribution in [0.5, 0.6) is 0 Å². The fourth-order valence-electron chi connectivity index (χ4n) is 2.05. The standard InChI is InChI=1S/C17H16F2N2O2/c1-12(22)21(10-13-6-3-2-4-7-13)11-16(23)20-17-14(18)8-5-9-15(17)19/h2-9H,10-11H2,1H3,(H,20,23). The lowest BCUT2D eigenvalue weighted by Crippen LogP contribution is -2.36. The molecule has 0 fully saturated rings. The van der Waals surface area contributed by atoms with Gasteiger partial charge in [-0.15, -0.1) is 0 Å². The van der Waals surface area contributed by atoms with Crippen LogP contribution in [0.4, 0.5) is 14.5 Å². The molecule has 0 atom stereocenters. The number of hydrogen-bond donors (Lipinski definition) is 1. The number of carbonyl (C=O) groups excluding carboxylic acids is 2. The molecule has 0 aliphatic rings. The summed E-state index contributed by atoms with van der Waals surface area (Å²) in [4.78, 5) is 24.9. The van der Waals surface area contributed by atoms with E-state index in [4.69, 9.17) is 0 Å². The van der Waals surface area contributed by atoms with Crippen LogP contribution in [0.2, 0.25) is 0 Å². The quantitative estimate of drug-likeness (QED) is 0.921. The fourth-order valence-corrected chi connectivity index (χ4v) is 2.05. The average Bonchev–Trinajstić information content (AvgIpc) is 2.51. The molecular formula is C17H16F2N2O2. The Morgan fingerprint density at radius 2 is 1.61 bits per heavy atom. The lowest BCUT2D eigenvalue weighted by atomic mass is 10.2. The average molecular weight is 318 g/mol. The Balaban J connectivity index is 2.05. The summed E-state index contributed by atoms with van der Waals surface area (Å²) in [6.45, 7) is 1.28. The molecule has 0 saturated carbocycles. The van der Waals surface area contributed by atoms with Crippen LogP contribution in [0.3, 0.4) is 0 Å². The molecule has 6 heteroatoms. The van der Waals surface area contributed by atoms with E-state index >= 15 is 0 Å². The molecule has 0 aromatic heterocycles. The molecule has 2 aromatic rings. The first-order valence-electron chi connectivity index (χ1n) is 7.00. The third kappa shape index (κ3) is 4.60. The van der Waals surface area contributed by atoms with E-state index in [-0.39, 0.29) is 19.0 Å². The summed E-state index contributed by atoms with van der Waals surface area (Å²) in [5.41, 5.74) is 0.341. The maximum absolute atomic E-state index is 13.5. The van der Waals surface area contributed by atoms with Crippen molar-refractivity contribution >= 4 is 17.5 Å². The van der Waals surface area contributed by atoms with Crippen LogP contribution in [0, 0.1) is 11.6 Å². The van der Waals surface area contributed by atoms with E-state index in [0.717, 1.165) is 17.7 Å². The number of carbonyl (C=O) groups is 2. The topological polar surface area (TPSA) is 49.4 Å². The molecule has 2 rings (SSSR count). The smallest absolute Gasteiger partial charge is 0.244 e. The molecule has 2 amide bonds. The van der Waals surface area contributed by atoms with Crippen LogP contribution in [-0.4, -0.2) is 23.3 Å². The van der Waals surface area contributed by atoms with Crippen LogP contribution < -0.4 is 5.32 Å². The van der Waals surface area contributed by atoms with Crippen LogP contribution in [0.25, 0.3) is 0 Å². The van der Waals surface area contributed by atoms with E-state index in [9.17, 15) is 18.4 Å². The molecule has 4 nitrogen and oxygen atoms in total. The highest BCUT2D eigenvalue weighted by Gasteiger charge is 2.17. The van der Waals surface area contributed by atoms with Crippen molar-refractivity contribution in [1.82, 2.24) is 4.90 Å².